The molecule has 0 heterocycles. The van der Waals surface area contributed by atoms with Gasteiger partial charge in [-0.25, -0.2) is 0 Å². The summed E-state index contributed by atoms with van der Waals surface area (Å²) in [7, 11) is 0. The fourth-order valence-corrected chi connectivity index (χ4v) is 3.67. The molecule has 0 radical (unpaired) electrons. The zero-order chi connectivity index (χ0) is 12.5. The van der Waals surface area contributed by atoms with Crippen molar-refractivity contribution in [2.45, 2.75) is 45.6 Å². The minimum absolute atomic E-state index is 0.293. The molecule has 0 bridgehead atoms. The fraction of sp³-hybridized carbons (Fsp3) is 0.600. The Hall–Kier alpha value is -0.340. The molecule has 1 aromatic carbocycles. The topological polar surface area (TPSA) is 26.0 Å². The molecule has 2 rings (SSSR count). The lowest BCUT2D eigenvalue weighted by Crippen LogP contribution is -2.38. The lowest BCUT2D eigenvalue weighted by atomic mass is 9.76. The standard InChI is InChI=1S/C15H22BrN/c1-15(2)8-4-7-13(15)14(17)10-11-5-3-6-12(16)9-11/h3,5-6,9,13-14H,4,7-8,10,17H2,1-2H3. The van der Waals surface area contributed by atoms with E-state index in [0.717, 1.165) is 10.9 Å². The molecular weight excluding hydrogens is 274 g/mol. The summed E-state index contributed by atoms with van der Waals surface area (Å²) in [5.41, 5.74) is 8.19. The van der Waals surface area contributed by atoms with Gasteiger partial charge < -0.3 is 5.73 Å². The largest absolute Gasteiger partial charge is 0.327 e. The van der Waals surface area contributed by atoms with Crippen molar-refractivity contribution in [3.63, 3.8) is 0 Å². The van der Waals surface area contributed by atoms with Crippen LogP contribution < -0.4 is 5.73 Å². The van der Waals surface area contributed by atoms with Crippen LogP contribution in [0.3, 0.4) is 0 Å². The van der Waals surface area contributed by atoms with Gasteiger partial charge in [0.25, 0.3) is 0 Å². The van der Waals surface area contributed by atoms with Crippen molar-refractivity contribution in [2.75, 3.05) is 0 Å². The Bertz CT molecular complexity index is 386. The molecule has 1 fully saturated rings. The van der Waals surface area contributed by atoms with Crippen LogP contribution in [-0.4, -0.2) is 6.04 Å². The molecule has 2 heteroatoms. The van der Waals surface area contributed by atoms with Crippen molar-refractivity contribution in [1.29, 1.82) is 0 Å². The smallest absolute Gasteiger partial charge is 0.0178 e. The van der Waals surface area contributed by atoms with Crippen LogP contribution in [0, 0.1) is 11.3 Å². The van der Waals surface area contributed by atoms with Crippen LogP contribution in [0.25, 0.3) is 0 Å². The maximum atomic E-state index is 6.42. The number of halogens is 1. The minimum atomic E-state index is 0.293. The first-order chi connectivity index (χ1) is 7.99. The van der Waals surface area contributed by atoms with E-state index in [9.17, 15) is 0 Å². The van der Waals surface area contributed by atoms with Crippen LogP contribution in [0.1, 0.15) is 38.7 Å². The third-order valence-corrected chi connectivity index (χ3v) is 4.71. The second-order valence-corrected chi connectivity index (χ2v) is 6.90. The molecule has 1 nitrogen and oxygen atoms in total. The molecular formula is C15H22BrN. The quantitative estimate of drug-likeness (QED) is 0.891. The molecule has 1 aliphatic rings. The van der Waals surface area contributed by atoms with Crippen molar-refractivity contribution in [3.05, 3.63) is 34.3 Å². The Labute approximate surface area is 113 Å². The molecule has 17 heavy (non-hydrogen) atoms. The summed E-state index contributed by atoms with van der Waals surface area (Å²) in [6, 6.07) is 8.80. The maximum Gasteiger partial charge on any atom is 0.0178 e. The lowest BCUT2D eigenvalue weighted by Gasteiger charge is -2.32. The second kappa shape index (κ2) is 5.11. The molecule has 1 aromatic rings. The van der Waals surface area contributed by atoms with Crippen molar-refractivity contribution in [2.24, 2.45) is 17.1 Å². The molecule has 2 N–H and O–H groups in total. The van der Waals surface area contributed by atoms with E-state index in [1.54, 1.807) is 0 Å². The predicted molar refractivity (Wildman–Crippen MR) is 76.9 cm³/mol. The third kappa shape index (κ3) is 3.11. The number of rotatable bonds is 3. The van der Waals surface area contributed by atoms with Crippen molar-refractivity contribution < 1.29 is 0 Å². The summed E-state index contributed by atoms with van der Waals surface area (Å²) in [6.45, 7) is 4.73. The number of nitrogens with two attached hydrogens (primary N) is 1. The predicted octanol–water partition coefficient (Wildman–Crippen LogP) is 4.15. The van der Waals surface area contributed by atoms with E-state index in [-0.39, 0.29) is 0 Å². The average molecular weight is 296 g/mol. The highest BCUT2D eigenvalue weighted by Gasteiger charge is 2.37. The molecule has 2 unspecified atom stereocenters. The van der Waals surface area contributed by atoms with Gasteiger partial charge >= 0.3 is 0 Å². The third-order valence-electron chi connectivity index (χ3n) is 4.22. The molecule has 2 atom stereocenters. The first-order valence-electron chi connectivity index (χ1n) is 6.49. The Balaban J connectivity index is 2.04. The zero-order valence-corrected chi connectivity index (χ0v) is 12.3. The SMILES string of the molecule is CC1(C)CCCC1C(N)Cc1cccc(Br)c1. The Morgan fingerprint density at radius 1 is 1.47 bits per heavy atom. The molecule has 1 aliphatic carbocycles. The monoisotopic (exact) mass is 295 g/mol. The van der Waals surface area contributed by atoms with Crippen molar-refractivity contribution in [3.8, 4) is 0 Å². The van der Waals surface area contributed by atoms with Crippen LogP contribution in [0.4, 0.5) is 0 Å². The zero-order valence-electron chi connectivity index (χ0n) is 10.7. The Morgan fingerprint density at radius 3 is 2.82 bits per heavy atom. The van der Waals surface area contributed by atoms with Crippen molar-refractivity contribution in [1.82, 2.24) is 0 Å². The van der Waals surface area contributed by atoms with Gasteiger partial charge in [0.05, 0.1) is 0 Å². The molecule has 0 spiro atoms. The van der Waals surface area contributed by atoms with Gasteiger partial charge in [-0.3, -0.25) is 0 Å². The maximum absolute atomic E-state index is 6.42. The molecule has 0 saturated heterocycles. The summed E-state index contributed by atoms with van der Waals surface area (Å²) in [6.07, 6.45) is 4.95. The summed E-state index contributed by atoms with van der Waals surface area (Å²) in [4.78, 5) is 0. The Morgan fingerprint density at radius 2 is 2.24 bits per heavy atom. The normalized spacial score (nSPS) is 24.8. The van der Waals surface area contributed by atoms with Gasteiger partial charge in [0.1, 0.15) is 0 Å². The molecule has 1 saturated carbocycles. The van der Waals surface area contributed by atoms with Crippen LogP contribution in [0.2, 0.25) is 0 Å². The Kier molecular flexibility index (Phi) is 3.94. The summed E-state index contributed by atoms with van der Waals surface area (Å²) in [5, 5.41) is 0. The van der Waals surface area contributed by atoms with E-state index in [0.29, 0.717) is 17.4 Å². The highest BCUT2D eigenvalue weighted by Crippen LogP contribution is 2.44. The van der Waals surface area contributed by atoms with Gasteiger partial charge in [-0.15, -0.1) is 0 Å². The highest BCUT2D eigenvalue weighted by molar-refractivity contribution is 9.10. The number of benzene rings is 1. The van der Waals surface area contributed by atoms with E-state index in [2.05, 4.69) is 54.0 Å². The molecule has 0 aromatic heterocycles. The molecule has 0 amide bonds. The summed E-state index contributed by atoms with van der Waals surface area (Å²) in [5.74, 6) is 0.668. The second-order valence-electron chi connectivity index (χ2n) is 5.99. The highest BCUT2D eigenvalue weighted by atomic mass is 79.9. The van der Waals surface area contributed by atoms with E-state index < -0.39 is 0 Å². The number of hydrogen-bond acceptors (Lipinski definition) is 1. The van der Waals surface area contributed by atoms with Gasteiger partial charge in [0.15, 0.2) is 0 Å². The molecule has 94 valence electrons. The average Bonchev–Trinajstić information content (AvgIpc) is 2.58. The van der Waals surface area contributed by atoms with Crippen molar-refractivity contribution >= 4 is 15.9 Å². The van der Waals surface area contributed by atoms with Gasteiger partial charge in [-0.1, -0.05) is 48.3 Å². The van der Waals surface area contributed by atoms with Gasteiger partial charge in [0.2, 0.25) is 0 Å². The van der Waals surface area contributed by atoms with Gasteiger partial charge in [-0.2, -0.15) is 0 Å². The fourth-order valence-electron chi connectivity index (χ4n) is 3.23. The van der Waals surface area contributed by atoms with Gasteiger partial charge in [-0.05, 0) is 48.3 Å². The summed E-state index contributed by atoms with van der Waals surface area (Å²) >= 11 is 3.52. The van der Waals surface area contributed by atoms with Crippen LogP contribution >= 0.6 is 15.9 Å². The van der Waals surface area contributed by atoms with Crippen LogP contribution in [-0.2, 0) is 6.42 Å². The minimum Gasteiger partial charge on any atom is -0.327 e. The van der Waals surface area contributed by atoms with E-state index in [4.69, 9.17) is 5.73 Å². The summed E-state index contributed by atoms with van der Waals surface area (Å²) < 4.78 is 1.15. The number of hydrogen-bond donors (Lipinski definition) is 1. The lowest BCUT2D eigenvalue weighted by molar-refractivity contribution is 0.220. The van der Waals surface area contributed by atoms with Crippen LogP contribution in [0.5, 0.6) is 0 Å². The van der Waals surface area contributed by atoms with Crippen LogP contribution in [0.15, 0.2) is 28.7 Å². The first kappa shape index (κ1) is 13.1. The first-order valence-corrected chi connectivity index (χ1v) is 7.28. The van der Waals surface area contributed by atoms with E-state index >= 15 is 0 Å². The van der Waals surface area contributed by atoms with E-state index in [1.165, 1.54) is 24.8 Å². The van der Waals surface area contributed by atoms with Gasteiger partial charge in [0, 0.05) is 10.5 Å². The molecule has 0 aliphatic heterocycles. The van der Waals surface area contributed by atoms with E-state index in [1.807, 2.05) is 0 Å².